The lowest BCUT2D eigenvalue weighted by molar-refractivity contribution is -0.156. The summed E-state index contributed by atoms with van der Waals surface area (Å²) in [6.07, 6.45) is 9.78. The fourth-order valence-corrected chi connectivity index (χ4v) is 5.46. The van der Waals surface area contributed by atoms with Crippen molar-refractivity contribution in [3.05, 3.63) is 35.0 Å². The lowest BCUT2D eigenvalue weighted by atomic mass is 9.69. The standard InChI is InChI=1S/C20H29N5O3.C6H10/c1-14(2)18(27)24-9-7-20(28,19(3,4)11-24)12-25-13-21-15(10-17(25)26)16-6-8-22-23(16)5;1-2-5-4-6(5)3-1/h6,8,10,13-14,28H,7,9,11-12H2,1-5H3;5-6H,1-4H2. The highest BCUT2D eigenvalue weighted by Crippen LogP contribution is 2.51. The SMILES string of the molecule is C1CC2CC2C1.CC(C)C(=O)N1CCC(O)(Cn2cnc(-c3ccnn3C)cc2=O)C(C)(C)C1. The van der Waals surface area contributed by atoms with Crippen molar-refractivity contribution in [3.8, 4) is 11.4 Å². The van der Waals surface area contributed by atoms with Gasteiger partial charge in [-0.2, -0.15) is 5.10 Å². The minimum atomic E-state index is -1.11. The number of hydrogen-bond acceptors (Lipinski definition) is 5. The summed E-state index contributed by atoms with van der Waals surface area (Å²) in [5, 5.41) is 15.5. The van der Waals surface area contributed by atoms with Crippen LogP contribution in [0, 0.1) is 23.2 Å². The smallest absolute Gasteiger partial charge is 0.254 e. The van der Waals surface area contributed by atoms with Crippen LogP contribution in [0.4, 0.5) is 0 Å². The molecule has 3 atom stereocenters. The van der Waals surface area contributed by atoms with Gasteiger partial charge >= 0.3 is 0 Å². The van der Waals surface area contributed by atoms with Crippen LogP contribution in [0.3, 0.4) is 0 Å². The van der Waals surface area contributed by atoms with Crippen molar-refractivity contribution in [2.24, 2.45) is 30.2 Å². The Morgan fingerprint density at radius 3 is 2.44 bits per heavy atom. The quantitative estimate of drug-likeness (QED) is 0.743. The minimum absolute atomic E-state index is 0.0756. The van der Waals surface area contributed by atoms with E-state index in [1.165, 1.54) is 35.2 Å². The molecule has 1 aliphatic heterocycles. The van der Waals surface area contributed by atoms with Crippen molar-refractivity contribution in [2.75, 3.05) is 13.1 Å². The number of rotatable bonds is 4. The van der Waals surface area contributed by atoms with E-state index < -0.39 is 11.0 Å². The van der Waals surface area contributed by atoms with Gasteiger partial charge in [0.15, 0.2) is 0 Å². The predicted octanol–water partition coefficient (Wildman–Crippen LogP) is 3.10. The lowest BCUT2D eigenvalue weighted by Crippen LogP contribution is -2.61. The molecular weight excluding hydrogens is 430 g/mol. The maximum atomic E-state index is 12.7. The van der Waals surface area contributed by atoms with Crippen molar-refractivity contribution >= 4 is 5.91 Å². The number of amides is 1. The van der Waals surface area contributed by atoms with Gasteiger partial charge in [0, 0.05) is 43.7 Å². The summed E-state index contributed by atoms with van der Waals surface area (Å²) in [5.41, 5.74) is -0.597. The average molecular weight is 470 g/mol. The number of aliphatic hydroxyl groups is 1. The molecule has 3 heterocycles. The molecule has 34 heavy (non-hydrogen) atoms. The maximum Gasteiger partial charge on any atom is 0.254 e. The number of piperidine rings is 1. The summed E-state index contributed by atoms with van der Waals surface area (Å²) in [6.45, 7) is 8.71. The van der Waals surface area contributed by atoms with Crippen molar-refractivity contribution < 1.29 is 9.90 Å². The minimum Gasteiger partial charge on any atom is -0.387 e. The van der Waals surface area contributed by atoms with Gasteiger partial charge in [-0.05, 0) is 30.7 Å². The first-order valence-electron chi connectivity index (χ1n) is 12.6. The van der Waals surface area contributed by atoms with Gasteiger partial charge in [-0.3, -0.25) is 18.8 Å². The van der Waals surface area contributed by atoms with E-state index in [-0.39, 0.29) is 23.9 Å². The highest BCUT2D eigenvalue weighted by molar-refractivity contribution is 5.78. The van der Waals surface area contributed by atoms with E-state index in [4.69, 9.17) is 0 Å². The second-order valence-corrected chi connectivity index (χ2v) is 11.3. The average Bonchev–Trinajstić information content (AvgIpc) is 3.14. The molecular formula is C26H39N5O3. The van der Waals surface area contributed by atoms with E-state index in [1.54, 1.807) is 43.3 Å². The monoisotopic (exact) mass is 469 g/mol. The van der Waals surface area contributed by atoms with E-state index >= 15 is 0 Å². The van der Waals surface area contributed by atoms with Gasteiger partial charge in [0.2, 0.25) is 5.91 Å². The molecule has 0 bridgehead atoms. The highest BCUT2D eigenvalue weighted by Gasteiger charge is 2.49. The number of carbonyl (C=O) groups is 1. The second-order valence-electron chi connectivity index (χ2n) is 11.3. The molecule has 0 spiro atoms. The Bertz CT molecular complexity index is 1080. The van der Waals surface area contributed by atoms with Crippen LogP contribution < -0.4 is 5.56 Å². The summed E-state index contributed by atoms with van der Waals surface area (Å²) < 4.78 is 3.10. The zero-order valence-electron chi connectivity index (χ0n) is 21.2. The highest BCUT2D eigenvalue weighted by atomic mass is 16.3. The van der Waals surface area contributed by atoms with Crippen LogP contribution in [0.2, 0.25) is 0 Å². The number of carbonyl (C=O) groups excluding carboxylic acids is 1. The number of aromatic nitrogens is 4. The zero-order chi connectivity index (χ0) is 24.7. The van der Waals surface area contributed by atoms with Crippen molar-refractivity contribution in [1.82, 2.24) is 24.2 Å². The van der Waals surface area contributed by atoms with Crippen LogP contribution in [-0.2, 0) is 18.4 Å². The third kappa shape index (κ3) is 4.97. The van der Waals surface area contributed by atoms with Crippen LogP contribution in [0.5, 0.6) is 0 Å². The van der Waals surface area contributed by atoms with E-state index in [2.05, 4.69) is 10.1 Å². The third-order valence-corrected chi connectivity index (χ3v) is 8.06. The van der Waals surface area contributed by atoms with Gasteiger partial charge in [-0.15, -0.1) is 0 Å². The van der Waals surface area contributed by atoms with Crippen LogP contribution in [0.15, 0.2) is 29.5 Å². The first-order valence-corrected chi connectivity index (χ1v) is 12.6. The summed E-state index contributed by atoms with van der Waals surface area (Å²) in [5.74, 6) is 2.44. The van der Waals surface area contributed by atoms with Crippen molar-refractivity contribution in [1.29, 1.82) is 0 Å². The Kier molecular flexibility index (Phi) is 6.73. The molecule has 5 rings (SSSR count). The number of likely N-dealkylation sites (tertiary alicyclic amines) is 1. The molecule has 1 saturated heterocycles. The summed E-state index contributed by atoms with van der Waals surface area (Å²) in [7, 11) is 1.79. The van der Waals surface area contributed by atoms with Gasteiger partial charge in [-0.25, -0.2) is 4.98 Å². The predicted molar refractivity (Wildman–Crippen MR) is 131 cm³/mol. The van der Waals surface area contributed by atoms with Crippen LogP contribution in [0.1, 0.15) is 59.8 Å². The Labute approximate surface area is 202 Å². The Morgan fingerprint density at radius 2 is 1.97 bits per heavy atom. The maximum absolute atomic E-state index is 12.7. The second kappa shape index (κ2) is 9.29. The van der Waals surface area contributed by atoms with Crippen molar-refractivity contribution in [3.63, 3.8) is 0 Å². The van der Waals surface area contributed by atoms with Crippen LogP contribution in [0.25, 0.3) is 11.4 Å². The van der Waals surface area contributed by atoms with Crippen LogP contribution >= 0.6 is 0 Å². The summed E-state index contributed by atoms with van der Waals surface area (Å²) >= 11 is 0. The topological polar surface area (TPSA) is 93.2 Å². The molecule has 0 aromatic carbocycles. The Hall–Kier alpha value is -2.48. The molecule has 8 heteroatoms. The molecule has 8 nitrogen and oxygen atoms in total. The molecule has 3 aliphatic rings. The lowest BCUT2D eigenvalue weighted by Gasteiger charge is -2.50. The van der Waals surface area contributed by atoms with E-state index in [0.717, 1.165) is 5.69 Å². The number of fused-ring (bicyclic) bond motifs is 1. The third-order valence-electron chi connectivity index (χ3n) is 8.06. The molecule has 186 valence electrons. The fourth-order valence-electron chi connectivity index (χ4n) is 5.46. The molecule has 2 aromatic heterocycles. The normalized spacial score (nSPS) is 27.2. The number of nitrogens with zero attached hydrogens (tertiary/aromatic N) is 5. The largest absolute Gasteiger partial charge is 0.387 e. The number of aryl methyl sites for hydroxylation is 1. The molecule has 3 fully saturated rings. The molecule has 2 aliphatic carbocycles. The molecule has 1 amide bonds. The molecule has 3 unspecified atom stereocenters. The summed E-state index contributed by atoms with van der Waals surface area (Å²) in [4.78, 5) is 31.2. The zero-order valence-corrected chi connectivity index (χ0v) is 21.2. The van der Waals surface area contributed by atoms with Crippen LogP contribution in [-0.4, -0.2) is 53.9 Å². The van der Waals surface area contributed by atoms with Gasteiger partial charge in [0.1, 0.15) is 0 Å². The molecule has 0 radical (unpaired) electrons. The molecule has 2 aromatic rings. The Balaban J connectivity index is 0.000000388. The van der Waals surface area contributed by atoms with Crippen molar-refractivity contribution in [2.45, 2.75) is 71.9 Å². The molecule has 2 saturated carbocycles. The number of hydrogen-bond donors (Lipinski definition) is 1. The summed E-state index contributed by atoms with van der Waals surface area (Å²) in [6, 6.07) is 3.26. The van der Waals surface area contributed by atoms with E-state index in [9.17, 15) is 14.7 Å². The fraction of sp³-hybridized carbons (Fsp3) is 0.692. The first-order chi connectivity index (χ1) is 16.0. The Morgan fingerprint density at radius 1 is 1.26 bits per heavy atom. The van der Waals surface area contributed by atoms with Gasteiger partial charge < -0.3 is 10.0 Å². The van der Waals surface area contributed by atoms with Gasteiger partial charge in [0.05, 0.1) is 29.9 Å². The van der Waals surface area contributed by atoms with Gasteiger partial charge in [-0.1, -0.05) is 47.0 Å². The van der Waals surface area contributed by atoms with Gasteiger partial charge in [0.25, 0.3) is 5.56 Å². The first kappa shape index (κ1) is 24.6. The molecule has 1 N–H and O–H groups in total. The van der Waals surface area contributed by atoms with E-state index in [0.29, 0.717) is 25.2 Å². The van der Waals surface area contributed by atoms with E-state index in [1.807, 2.05) is 32.6 Å².